The Morgan fingerprint density at radius 2 is 2.29 bits per heavy atom. The molecule has 3 nitrogen and oxygen atoms in total. The van der Waals surface area contributed by atoms with Gasteiger partial charge in [-0.05, 0) is 21.5 Å². The van der Waals surface area contributed by atoms with Crippen LogP contribution in [0.5, 0.6) is 0 Å². The van der Waals surface area contributed by atoms with Crippen molar-refractivity contribution in [2.75, 3.05) is 0 Å². The molecule has 0 aliphatic heterocycles. The van der Waals surface area contributed by atoms with Gasteiger partial charge >= 0.3 is 0 Å². The molecule has 0 aliphatic rings. The molecular formula is C8H6BrF2N3. The number of alkyl halides is 2. The van der Waals surface area contributed by atoms with E-state index in [1.807, 2.05) is 0 Å². The molecule has 1 heterocycles. The Labute approximate surface area is 87.7 Å². The Kier molecular flexibility index (Phi) is 3.49. The van der Waals surface area contributed by atoms with Gasteiger partial charge in [0.25, 0.3) is 6.43 Å². The number of nitriles is 1. The molecule has 0 amide bonds. The molecule has 2 N–H and O–H groups in total. The Bertz CT molecular complexity index is 387. The molecule has 0 unspecified atom stereocenters. The molecule has 14 heavy (non-hydrogen) atoms. The van der Waals surface area contributed by atoms with Gasteiger partial charge in [-0.25, -0.2) is 13.8 Å². The van der Waals surface area contributed by atoms with E-state index in [0.29, 0.717) is 5.56 Å². The second-order valence-corrected chi connectivity index (χ2v) is 3.27. The summed E-state index contributed by atoms with van der Waals surface area (Å²) in [5.74, 6) is 0. The highest BCUT2D eigenvalue weighted by molar-refractivity contribution is 9.10. The molecule has 0 saturated heterocycles. The average Bonchev–Trinajstić information content (AvgIpc) is 2.16. The zero-order valence-corrected chi connectivity index (χ0v) is 8.55. The van der Waals surface area contributed by atoms with Crippen molar-refractivity contribution in [3.05, 3.63) is 27.5 Å². The molecule has 0 aromatic carbocycles. The van der Waals surface area contributed by atoms with Gasteiger partial charge in [-0.2, -0.15) is 5.26 Å². The zero-order chi connectivity index (χ0) is 10.7. The Hall–Kier alpha value is -1.06. The van der Waals surface area contributed by atoms with Crippen LogP contribution in [0.4, 0.5) is 8.78 Å². The SMILES string of the molecule is N#Cc1ncc(CN)c(Br)c1C(F)F. The summed E-state index contributed by atoms with van der Waals surface area (Å²) in [5, 5.41) is 8.56. The van der Waals surface area contributed by atoms with E-state index in [1.165, 1.54) is 6.20 Å². The van der Waals surface area contributed by atoms with Gasteiger partial charge in [0.2, 0.25) is 0 Å². The standard InChI is InChI=1S/C8H6BrF2N3/c9-7-4(1-12)3-14-5(2-13)6(7)8(10)11/h3,8H,1,12H2. The van der Waals surface area contributed by atoms with Crippen LogP contribution in [0.15, 0.2) is 10.7 Å². The maximum atomic E-state index is 12.5. The van der Waals surface area contributed by atoms with Crippen LogP contribution in [0.1, 0.15) is 23.2 Å². The van der Waals surface area contributed by atoms with E-state index in [2.05, 4.69) is 20.9 Å². The highest BCUT2D eigenvalue weighted by Gasteiger charge is 2.20. The van der Waals surface area contributed by atoms with Crippen LogP contribution in [-0.4, -0.2) is 4.98 Å². The predicted octanol–water partition coefficient (Wildman–Crippen LogP) is 2.11. The fourth-order valence-corrected chi connectivity index (χ4v) is 1.60. The summed E-state index contributed by atoms with van der Waals surface area (Å²) in [6, 6.07) is 1.61. The van der Waals surface area contributed by atoms with Crippen LogP contribution >= 0.6 is 15.9 Å². The van der Waals surface area contributed by atoms with E-state index >= 15 is 0 Å². The predicted molar refractivity (Wildman–Crippen MR) is 49.5 cm³/mol. The Morgan fingerprint density at radius 3 is 2.71 bits per heavy atom. The number of aromatic nitrogens is 1. The molecule has 1 rings (SSSR count). The lowest BCUT2D eigenvalue weighted by molar-refractivity contribution is 0.149. The molecule has 0 radical (unpaired) electrons. The normalized spacial score (nSPS) is 10.3. The van der Waals surface area contributed by atoms with E-state index in [0.717, 1.165) is 0 Å². The molecule has 0 atom stereocenters. The van der Waals surface area contributed by atoms with Crippen LogP contribution in [0.25, 0.3) is 0 Å². The second kappa shape index (κ2) is 4.44. The van der Waals surface area contributed by atoms with E-state index in [1.54, 1.807) is 6.07 Å². The van der Waals surface area contributed by atoms with Gasteiger partial charge in [0.05, 0.1) is 5.56 Å². The lowest BCUT2D eigenvalue weighted by Gasteiger charge is -2.08. The van der Waals surface area contributed by atoms with Crippen molar-refractivity contribution in [2.24, 2.45) is 5.73 Å². The highest BCUT2D eigenvalue weighted by atomic mass is 79.9. The Balaban J connectivity index is 3.41. The number of nitrogens with zero attached hydrogens (tertiary/aromatic N) is 2. The van der Waals surface area contributed by atoms with Crippen LogP contribution in [-0.2, 0) is 6.54 Å². The van der Waals surface area contributed by atoms with Gasteiger partial charge in [-0.1, -0.05) is 0 Å². The summed E-state index contributed by atoms with van der Waals surface area (Å²) in [6.45, 7) is 0.0962. The molecule has 0 saturated carbocycles. The van der Waals surface area contributed by atoms with Crippen LogP contribution in [0, 0.1) is 11.3 Å². The maximum absolute atomic E-state index is 12.5. The highest BCUT2D eigenvalue weighted by Crippen LogP contribution is 2.31. The van der Waals surface area contributed by atoms with E-state index in [9.17, 15) is 8.78 Å². The third-order valence-corrected chi connectivity index (χ3v) is 2.60. The molecule has 0 fully saturated rings. The maximum Gasteiger partial charge on any atom is 0.267 e. The van der Waals surface area contributed by atoms with Crippen LogP contribution in [0.2, 0.25) is 0 Å². The number of hydrogen-bond acceptors (Lipinski definition) is 3. The van der Waals surface area contributed by atoms with Crippen molar-refractivity contribution in [2.45, 2.75) is 13.0 Å². The second-order valence-electron chi connectivity index (χ2n) is 2.48. The Morgan fingerprint density at radius 1 is 1.64 bits per heavy atom. The van der Waals surface area contributed by atoms with E-state index in [-0.39, 0.29) is 16.7 Å². The van der Waals surface area contributed by atoms with Crippen molar-refractivity contribution >= 4 is 15.9 Å². The topological polar surface area (TPSA) is 62.7 Å². The number of hydrogen-bond donors (Lipinski definition) is 1. The third kappa shape index (κ3) is 1.89. The first-order valence-corrected chi connectivity index (χ1v) is 4.46. The minimum Gasteiger partial charge on any atom is -0.326 e. The van der Waals surface area contributed by atoms with Crippen LogP contribution < -0.4 is 5.73 Å². The summed E-state index contributed by atoms with van der Waals surface area (Å²) < 4.78 is 25.2. The number of halogens is 3. The number of pyridine rings is 1. The molecule has 0 aliphatic carbocycles. The van der Waals surface area contributed by atoms with Gasteiger partial charge in [0.1, 0.15) is 11.8 Å². The zero-order valence-electron chi connectivity index (χ0n) is 6.97. The fourth-order valence-electron chi connectivity index (χ4n) is 0.976. The van der Waals surface area contributed by atoms with Gasteiger partial charge in [0, 0.05) is 17.2 Å². The quantitative estimate of drug-likeness (QED) is 0.887. The average molecular weight is 262 g/mol. The first-order chi connectivity index (χ1) is 6.61. The summed E-state index contributed by atoms with van der Waals surface area (Å²) in [5.41, 5.74) is 5.10. The van der Waals surface area contributed by atoms with Crippen molar-refractivity contribution in [3.63, 3.8) is 0 Å². The van der Waals surface area contributed by atoms with Gasteiger partial charge in [-0.15, -0.1) is 0 Å². The van der Waals surface area contributed by atoms with Gasteiger partial charge in [0.15, 0.2) is 0 Å². The summed E-state index contributed by atoms with van der Waals surface area (Å²) in [6.07, 6.45) is -1.42. The molecule has 1 aromatic heterocycles. The number of nitrogens with two attached hydrogens (primary N) is 1. The van der Waals surface area contributed by atoms with Crippen molar-refractivity contribution < 1.29 is 8.78 Å². The van der Waals surface area contributed by atoms with Gasteiger partial charge < -0.3 is 5.73 Å². The van der Waals surface area contributed by atoms with Gasteiger partial charge in [-0.3, -0.25) is 0 Å². The third-order valence-electron chi connectivity index (χ3n) is 1.67. The first-order valence-electron chi connectivity index (χ1n) is 3.67. The minimum absolute atomic E-state index is 0.0962. The van der Waals surface area contributed by atoms with E-state index < -0.39 is 12.0 Å². The lowest BCUT2D eigenvalue weighted by atomic mass is 10.1. The van der Waals surface area contributed by atoms with Crippen molar-refractivity contribution in [1.82, 2.24) is 4.98 Å². The summed E-state index contributed by atoms with van der Waals surface area (Å²) in [4.78, 5) is 3.60. The van der Waals surface area contributed by atoms with E-state index in [4.69, 9.17) is 11.0 Å². The molecule has 0 bridgehead atoms. The molecule has 1 aromatic rings. The summed E-state index contributed by atoms with van der Waals surface area (Å²) in [7, 11) is 0. The van der Waals surface area contributed by atoms with Crippen LogP contribution in [0.3, 0.4) is 0 Å². The minimum atomic E-state index is -2.74. The summed E-state index contributed by atoms with van der Waals surface area (Å²) >= 11 is 2.98. The van der Waals surface area contributed by atoms with Crippen molar-refractivity contribution in [1.29, 1.82) is 5.26 Å². The molecule has 74 valence electrons. The first kappa shape index (κ1) is 11.0. The monoisotopic (exact) mass is 261 g/mol. The fraction of sp³-hybridized carbons (Fsp3) is 0.250. The smallest absolute Gasteiger partial charge is 0.267 e. The largest absolute Gasteiger partial charge is 0.326 e. The number of rotatable bonds is 2. The lowest BCUT2D eigenvalue weighted by Crippen LogP contribution is -2.04. The molecule has 6 heteroatoms. The van der Waals surface area contributed by atoms with Crippen molar-refractivity contribution in [3.8, 4) is 6.07 Å². The molecule has 0 spiro atoms. The molecular weight excluding hydrogens is 256 g/mol.